The van der Waals surface area contributed by atoms with Crippen LogP contribution in [0.1, 0.15) is 49.9 Å². The Morgan fingerprint density at radius 3 is 1.00 bits per heavy atom. The lowest BCUT2D eigenvalue weighted by Gasteiger charge is -2.31. The number of aliphatic hydroxyl groups is 2. The van der Waals surface area contributed by atoms with Crippen LogP contribution in [0.2, 0.25) is 0 Å². The first-order valence-electron chi connectivity index (χ1n) is 21.2. The summed E-state index contributed by atoms with van der Waals surface area (Å²) in [5.41, 5.74) is 16.0. The Hall–Kier alpha value is -5.44. The van der Waals surface area contributed by atoms with Crippen molar-refractivity contribution < 1.29 is 29.4 Å². The number of nitrogens with one attached hydrogen (secondary N) is 5. The van der Waals surface area contributed by atoms with Crippen molar-refractivity contribution in [1.29, 1.82) is 0 Å². The van der Waals surface area contributed by atoms with Crippen molar-refractivity contribution in [3.63, 3.8) is 0 Å². The summed E-state index contributed by atoms with van der Waals surface area (Å²) in [6, 6.07) is 32.5. The largest absolute Gasteiger partial charge is 0.390 e. The summed E-state index contributed by atoms with van der Waals surface area (Å²) in [6.07, 6.45) is -1.06. The average Bonchev–Trinajstić information content (AvgIpc) is 3.24. The van der Waals surface area contributed by atoms with Gasteiger partial charge in [0.25, 0.3) is 0 Å². The third-order valence-electron chi connectivity index (χ3n) is 10.7. The zero-order valence-electron chi connectivity index (χ0n) is 35.7. The van der Waals surface area contributed by atoms with E-state index in [1.807, 2.05) is 149 Å². The van der Waals surface area contributed by atoms with Crippen LogP contribution in [0.3, 0.4) is 0 Å². The van der Waals surface area contributed by atoms with Gasteiger partial charge in [-0.15, -0.1) is 0 Å². The average molecular weight is 836 g/mol. The first kappa shape index (κ1) is 48.2. The van der Waals surface area contributed by atoms with E-state index in [2.05, 4.69) is 26.6 Å². The molecule has 61 heavy (non-hydrogen) atoms. The van der Waals surface area contributed by atoms with Gasteiger partial charge in [0.1, 0.15) is 12.1 Å². The molecule has 0 spiro atoms. The number of aliphatic hydroxyl groups excluding tert-OH is 2. The smallest absolute Gasteiger partial charge is 0.243 e. The number of benzene rings is 4. The Kier molecular flexibility index (Phi) is 19.5. The molecule has 13 heteroatoms. The van der Waals surface area contributed by atoms with Crippen LogP contribution in [-0.4, -0.2) is 95.4 Å². The second-order valence-corrected chi connectivity index (χ2v) is 16.5. The zero-order valence-corrected chi connectivity index (χ0v) is 35.7. The van der Waals surface area contributed by atoms with E-state index in [1.165, 1.54) is 0 Å². The van der Waals surface area contributed by atoms with Gasteiger partial charge in [-0.3, -0.25) is 19.2 Å². The lowest BCUT2D eigenvalue weighted by atomic mass is 9.97. The summed E-state index contributed by atoms with van der Waals surface area (Å²) < 4.78 is 0. The molecule has 0 aliphatic rings. The third-order valence-corrected chi connectivity index (χ3v) is 10.7. The minimum atomic E-state index is -1.12. The molecule has 11 N–H and O–H groups in total. The maximum absolute atomic E-state index is 13.8. The van der Waals surface area contributed by atoms with Crippen LogP contribution in [0.25, 0.3) is 0 Å². The fourth-order valence-corrected chi connectivity index (χ4v) is 7.02. The number of rotatable bonds is 24. The molecule has 4 rings (SSSR count). The molecule has 0 saturated heterocycles. The van der Waals surface area contributed by atoms with Gasteiger partial charge in [0.2, 0.25) is 23.6 Å². The molecule has 0 radical (unpaired) electrons. The van der Waals surface area contributed by atoms with Crippen LogP contribution in [0, 0.1) is 11.8 Å². The Balaban J connectivity index is 1.42. The van der Waals surface area contributed by atoms with Crippen molar-refractivity contribution in [2.75, 3.05) is 13.1 Å². The molecule has 0 aromatic heterocycles. The maximum Gasteiger partial charge on any atom is 0.243 e. The number of carbonyl (C=O) groups is 4. The van der Waals surface area contributed by atoms with Crippen molar-refractivity contribution in [2.24, 2.45) is 23.3 Å². The van der Waals surface area contributed by atoms with E-state index < -0.39 is 72.1 Å². The van der Waals surface area contributed by atoms with Crippen molar-refractivity contribution in [1.82, 2.24) is 26.6 Å². The fourth-order valence-electron chi connectivity index (χ4n) is 7.02. The van der Waals surface area contributed by atoms with Crippen molar-refractivity contribution in [2.45, 2.75) is 102 Å². The molecule has 328 valence electrons. The molecule has 0 aliphatic heterocycles. The summed E-state index contributed by atoms with van der Waals surface area (Å²) in [7, 11) is 0. The Morgan fingerprint density at radius 2 is 0.721 bits per heavy atom. The summed E-state index contributed by atoms with van der Waals surface area (Å²) >= 11 is 0. The van der Waals surface area contributed by atoms with Crippen molar-refractivity contribution in [3.8, 4) is 0 Å². The zero-order chi connectivity index (χ0) is 44.3. The topological polar surface area (TPSA) is 221 Å². The standard InChI is InChI=1S/C48H65N7O6/c1-31(2)43(54-45(58)37(49)25-33-17-9-5-10-18-33)47(60)52-39(27-35-21-13-7-14-22-35)41(56)29-51-30-42(57)40(28-36-23-15-8-16-24-36)53-48(61)44(32(3)4)55-46(59)38(50)26-34-19-11-6-12-20-34/h5-24,31-32,37-44,51,56-57H,25-30,49-50H2,1-4H3,(H,52,60)(H,53,61)(H,54,58)(H,55,59)/t37-,38-,39-,40-,41+,42+,43-,44-/m0/s1. The van der Waals surface area contributed by atoms with Crippen LogP contribution in [0.15, 0.2) is 121 Å². The molecular weight excluding hydrogens is 771 g/mol. The minimum Gasteiger partial charge on any atom is -0.390 e. The molecule has 0 fully saturated rings. The van der Waals surface area contributed by atoms with E-state index in [1.54, 1.807) is 0 Å². The van der Waals surface area contributed by atoms with Gasteiger partial charge in [0.05, 0.1) is 36.4 Å². The summed E-state index contributed by atoms with van der Waals surface area (Å²) in [5, 5.41) is 37.9. The monoisotopic (exact) mass is 835 g/mol. The molecule has 13 nitrogen and oxygen atoms in total. The second-order valence-electron chi connectivity index (χ2n) is 16.5. The highest BCUT2D eigenvalue weighted by Gasteiger charge is 2.32. The summed E-state index contributed by atoms with van der Waals surface area (Å²) in [4.78, 5) is 54.0. The van der Waals surface area contributed by atoms with E-state index >= 15 is 0 Å². The van der Waals surface area contributed by atoms with Crippen LogP contribution >= 0.6 is 0 Å². The van der Waals surface area contributed by atoms with Gasteiger partial charge < -0.3 is 48.3 Å². The van der Waals surface area contributed by atoms with E-state index in [-0.39, 0.29) is 37.8 Å². The highest BCUT2D eigenvalue weighted by molar-refractivity contribution is 5.91. The molecule has 4 amide bonds. The first-order valence-corrected chi connectivity index (χ1v) is 21.2. The molecule has 0 aliphatic carbocycles. The minimum absolute atomic E-state index is 0.0223. The molecule has 4 aromatic carbocycles. The molecule has 0 unspecified atom stereocenters. The van der Waals surface area contributed by atoms with Gasteiger partial charge >= 0.3 is 0 Å². The number of hydrogen-bond acceptors (Lipinski definition) is 9. The van der Waals surface area contributed by atoms with Gasteiger partial charge in [-0.05, 0) is 59.8 Å². The van der Waals surface area contributed by atoms with Crippen LogP contribution < -0.4 is 38.1 Å². The van der Waals surface area contributed by atoms with Crippen LogP contribution in [0.4, 0.5) is 0 Å². The molecule has 0 bridgehead atoms. The molecule has 0 saturated carbocycles. The fraction of sp³-hybridized carbons (Fsp3) is 0.417. The van der Waals surface area contributed by atoms with Gasteiger partial charge in [-0.1, -0.05) is 149 Å². The quantitative estimate of drug-likeness (QED) is 0.0505. The predicted octanol–water partition coefficient (Wildman–Crippen LogP) is 2.17. The SMILES string of the molecule is CC(C)[C@H](NC(=O)[C@@H](N)Cc1ccccc1)C(=O)N[C@@H](Cc1ccccc1)[C@H](O)CNC[C@@H](O)[C@H](Cc1ccccc1)NC(=O)[C@@H](NC(=O)[C@@H](N)Cc1ccccc1)C(C)C. The number of hydrogen-bond donors (Lipinski definition) is 9. The summed E-state index contributed by atoms with van der Waals surface area (Å²) in [5.74, 6) is -2.43. The van der Waals surface area contributed by atoms with Gasteiger partial charge in [0, 0.05) is 13.1 Å². The Bertz CT molecular complexity index is 1780. The molecule has 8 atom stereocenters. The van der Waals surface area contributed by atoms with E-state index in [9.17, 15) is 29.4 Å². The van der Waals surface area contributed by atoms with Crippen molar-refractivity contribution >= 4 is 23.6 Å². The lowest BCUT2D eigenvalue weighted by molar-refractivity contribution is -0.131. The van der Waals surface area contributed by atoms with Gasteiger partial charge in [0.15, 0.2) is 0 Å². The third kappa shape index (κ3) is 16.2. The van der Waals surface area contributed by atoms with E-state index in [0.29, 0.717) is 12.8 Å². The van der Waals surface area contributed by atoms with E-state index in [4.69, 9.17) is 11.5 Å². The maximum atomic E-state index is 13.8. The number of amides is 4. The van der Waals surface area contributed by atoms with Crippen LogP contribution in [0.5, 0.6) is 0 Å². The number of carbonyl (C=O) groups excluding carboxylic acids is 4. The normalized spacial score (nSPS) is 15.4. The molecule has 4 aromatic rings. The van der Waals surface area contributed by atoms with Crippen LogP contribution in [-0.2, 0) is 44.9 Å². The highest BCUT2D eigenvalue weighted by atomic mass is 16.3. The number of nitrogens with two attached hydrogens (primary N) is 2. The molecular formula is C48H65N7O6. The van der Waals surface area contributed by atoms with Gasteiger partial charge in [-0.2, -0.15) is 0 Å². The van der Waals surface area contributed by atoms with E-state index in [0.717, 1.165) is 22.3 Å². The predicted molar refractivity (Wildman–Crippen MR) is 239 cm³/mol. The Morgan fingerprint density at radius 1 is 0.443 bits per heavy atom. The first-order chi connectivity index (χ1) is 29.2. The van der Waals surface area contributed by atoms with Gasteiger partial charge in [-0.25, -0.2) is 0 Å². The summed E-state index contributed by atoms with van der Waals surface area (Å²) in [6.45, 7) is 7.24. The molecule has 0 heterocycles. The van der Waals surface area contributed by atoms with Crippen molar-refractivity contribution in [3.05, 3.63) is 144 Å². The lowest BCUT2D eigenvalue weighted by Crippen LogP contribution is -2.59. The second kappa shape index (κ2) is 24.7. The Labute approximate surface area is 360 Å². The highest BCUT2D eigenvalue weighted by Crippen LogP contribution is 2.13.